The minimum Gasteiger partial charge on any atom is -0.458 e. The zero-order valence-electron chi connectivity index (χ0n) is 11.1. The quantitative estimate of drug-likeness (QED) is 0.443. The zero-order valence-corrected chi connectivity index (χ0v) is 11.1. The van der Waals surface area contributed by atoms with E-state index in [9.17, 15) is 9.59 Å². The molecule has 4 nitrogen and oxygen atoms in total. The molecule has 0 spiro atoms. The lowest BCUT2D eigenvalue weighted by molar-refractivity contribution is -0.139. The Bertz CT molecular complexity index is 441. The van der Waals surface area contributed by atoms with Crippen molar-refractivity contribution in [3.05, 3.63) is 36.0 Å². The second-order valence-electron chi connectivity index (χ2n) is 5.16. The van der Waals surface area contributed by atoms with Gasteiger partial charge in [-0.3, -0.25) is 0 Å². The number of carbonyl (C=O) groups is 2. The first-order chi connectivity index (χ1) is 8.95. The molecule has 0 aliphatic carbocycles. The summed E-state index contributed by atoms with van der Waals surface area (Å²) in [6.07, 6.45) is 4.40. The van der Waals surface area contributed by atoms with Crippen molar-refractivity contribution in [2.45, 2.75) is 44.8 Å². The van der Waals surface area contributed by atoms with E-state index in [1.807, 2.05) is 13.0 Å². The summed E-state index contributed by atoms with van der Waals surface area (Å²) >= 11 is 0. The predicted octanol–water partition coefficient (Wildman–Crippen LogP) is 2.46. The van der Waals surface area contributed by atoms with Crippen LogP contribution in [0.15, 0.2) is 36.0 Å². The summed E-state index contributed by atoms with van der Waals surface area (Å²) in [6, 6.07) is 0. The molecule has 0 N–H and O–H groups in total. The molecular weight excluding hydrogens is 244 g/mol. The average molecular weight is 262 g/mol. The van der Waals surface area contributed by atoms with Crippen LogP contribution in [0.5, 0.6) is 0 Å². The third-order valence-corrected chi connectivity index (χ3v) is 3.35. The molecule has 0 amide bonds. The van der Waals surface area contributed by atoms with Gasteiger partial charge in [-0.2, -0.15) is 0 Å². The maximum atomic E-state index is 11.2. The van der Waals surface area contributed by atoms with Crippen LogP contribution in [0, 0.1) is 0 Å². The zero-order chi connectivity index (χ0) is 14.0. The van der Waals surface area contributed by atoms with Crippen LogP contribution in [-0.4, -0.2) is 24.1 Å². The molecule has 0 saturated carbocycles. The fraction of sp³-hybridized carbons (Fsp3) is 0.467. The van der Waals surface area contributed by atoms with Crippen molar-refractivity contribution in [2.24, 2.45) is 0 Å². The molecule has 0 aromatic carbocycles. The van der Waals surface area contributed by atoms with E-state index in [1.165, 1.54) is 0 Å². The summed E-state index contributed by atoms with van der Waals surface area (Å²) in [4.78, 5) is 22.4. The van der Waals surface area contributed by atoms with Crippen LogP contribution in [-0.2, 0) is 19.1 Å². The van der Waals surface area contributed by atoms with Gasteiger partial charge in [0, 0.05) is 36.8 Å². The lowest BCUT2D eigenvalue weighted by atomic mass is 10.0. The molecule has 19 heavy (non-hydrogen) atoms. The summed E-state index contributed by atoms with van der Waals surface area (Å²) in [7, 11) is 0. The average Bonchev–Trinajstić information content (AvgIpc) is 2.81. The van der Waals surface area contributed by atoms with Gasteiger partial charge in [0.25, 0.3) is 0 Å². The third-order valence-electron chi connectivity index (χ3n) is 3.35. The fourth-order valence-electron chi connectivity index (χ4n) is 2.29. The SMILES string of the molecule is C=C1CC(CC=C(C)CC2CC(=C)C(=O)O2)OC1=O. The Kier molecular flexibility index (Phi) is 3.88. The topological polar surface area (TPSA) is 52.6 Å². The molecule has 102 valence electrons. The van der Waals surface area contributed by atoms with Gasteiger partial charge in [0.05, 0.1) is 0 Å². The maximum absolute atomic E-state index is 11.2. The summed E-state index contributed by atoms with van der Waals surface area (Å²) < 4.78 is 10.3. The predicted molar refractivity (Wildman–Crippen MR) is 70.3 cm³/mol. The molecule has 0 aromatic heterocycles. The highest BCUT2D eigenvalue weighted by molar-refractivity contribution is 5.90. The highest BCUT2D eigenvalue weighted by Gasteiger charge is 2.28. The van der Waals surface area contributed by atoms with Gasteiger partial charge in [-0.1, -0.05) is 24.8 Å². The summed E-state index contributed by atoms with van der Waals surface area (Å²) in [5, 5.41) is 0. The largest absolute Gasteiger partial charge is 0.458 e. The van der Waals surface area contributed by atoms with E-state index < -0.39 is 0 Å². The smallest absolute Gasteiger partial charge is 0.333 e. The van der Waals surface area contributed by atoms with Gasteiger partial charge in [0.2, 0.25) is 0 Å². The number of hydrogen-bond acceptors (Lipinski definition) is 4. The normalized spacial score (nSPS) is 27.7. The van der Waals surface area contributed by atoms with E-state index in [1.54, 1.807) is 0 Å². The Morgan fingerprint density at radius 2 is 1.68 bits per heavy atom. The lowest BCUT2D eigenvalue weighted by Gasteiger charge is -2.10. The van der Waals surface area contributed by atoms with Gasteiger partial charge in [0.1, 0.15) is 12.2 Å². The fourth-order valence-corrected chi connectivity index (χ4v) is 2.29. The van der Waals surface area contributed by atoms with Crippen LogP contribution >= 0.6 is 0 Å². The first kappa shape index (κ1) is 13.6. The second kappa shape index (κ2) is 5.43. The van der Waals surface area contributed by atoms with Crippen molar-refractivity contribution < 1.29 is 19.1 Å². The first-order valence-corrected chi connectivity index (χ1v) is 6.39. The molecule has 2 saturated heterocycles. The summed E-state index contributed by atoms with van der Waals surface area (Å²) in [5.74, 6) is -0.587. The first-order valence-electron chi connectivity index (χ1n) is 6.39. The van der Waals surface area contributed by atoms with Crippen molar-refractivity contribution in [3.8, 4) is 0 Å². The molecule has 0 aromatic rings. The number of esters is 2. The van der Waals surface area contributed by atoms with Gasteiger partial charge >= 0.3 is 11.9 Å². The highest BCUT2D eigenvalue weighted by Crippen LogP contribution is 2.25. The number of cyclic esters (lactones) is 2. The van der Waals surface area contributed by atoms with Gasteiger partial charge < -0.3 is 9.47 Å². The summed E-state index contributed by atoms with van der Waals surface area (Å²) in [5.41, 5.74) is 2.21. The highest BCUT2D eigenvalue weighted by atomic mass is 16.6. The number of hydrogen-bond donors (Lipinski definition) is 0. The van der Waals surface area contributed by atoms with Gasteiger partial charge in [-0.15, -0.1) is 0 Å². The third kappa shape index (κ3) is 3.34. The Labute approximate surface area is 112 Å². The van der Waals surface area contributed by atoms with Crippen LogP contribution in [0.2, 0.25) is 0 Å². The summed E-state index contributed by atoms with van der Waals surface area (Å²) in [6.45, 7) is 9.29. The number of rotatable bonds is 4. The van der Waals surface area contributed by atoms with Crippen LogP contribution < -0.4 is 0 Å². The molecule has 0 radical (unpaired) electrons. The van der Waals surface area contributed by atoms with E-state index in [4.69, 9.17) is 9.47 Å². The second-order valence-corrected chi connectivity index (χ2v) is 5.16. The standard InChI is InChI=1S/C15H18O4/c1-9(6-13-8-11(3)15(17)19-13)4-5-12-7-10(2)14(16)18-12/h4,12-13H,2-3,5-8H2,1H3. The van der Waals surface area contributed by atoms with Gasteiger partial charge in [-0.05, 0) is 6.92 Å². The minimum absolute atomic E-state index is 0.0997. The Balaban J connectivity index is 1.80. The molecule has 2 heterocycles. The van der Waals surface area contributed by atoms with Crippen LogP contribution in [0.1, 0.15) is 32.6 Å². The molecule has 2 fully saturated rings. The molecule has 4 heteroatoms. The lowest BCUT2D eigenvalue weighted by Crippen LogP contribution is -2.08. The molecule has 2 rings (SSSR count). The molecule has 2 aliphatic rings. The van der Waals surface area contributed by atoms with E-state index in [2.05, 4.69) is 13.2 Å². The molecular formula is C15H18O4. The van der Waals surface area contributed by atoms with Crippen molar-refractivity contribution in [1.29, 1.82) is 0 Å². The molecule has 2 unspecified atom stereocenters. The van der Waals surface area contributed by atoms with E-state index in [0.29, 0.717) is 36.8 Å². The van der Waals surface area contributed by atoms with Crippen molar-refractivity contribution in [2.75, 3.05) is 0 Å². The van der Waals surface area contributed by atoms with Crippen molar-refractivity contribution >= 4 is 11.9 Å². The molecule has 2 atom stereocenters. The Morgan fingerprint density at radius 3 is 2.16 bits per heavy atom. The Hall–Kier alpha value is -1.84. The van der Waals surface area contributed by atoms with Crippen molar-refractivity contribution in [3.63, 3.8) is 0 Å². The van der Waals surface area contributed by atoms with Crippen LogP contribution in [0.4, 0.5) is 0 Å². The van der Waals surface area contributed by atoms with E-state index in [0.717, 1.165) is 5.57 Å². The Morgan fingerprint density at radius 1 is 1.16 bits per heavy atom. The van der Waals surface area contributed by atoms with Gasteiger partial charge in [0.15, 0.2) is 0 Å². The molecule has 2 aliphatic heterocycles. The van der Waals surface area contributed by atoms with E-state index in [-0.39, 0.29) is 24.1 Å². The van der Waals surface area contributed by atoms with Crippen LogP contribution in [0.25, 0.3) is 0 Å². The monoisotopic (exact) mass is 262 g/mol. The van der Waals surface area contributed by atoms with E-state index >= 15 is 0 Å². The maximum Gasteiger partial charge on any atom is 0.333 e. The molecule has 0 bridgehead atoms. The van der Waals surface area contributed by atoms with Gasteiger partial charge in [-0.25, -0.2) is 9.59 Å². The number of carbonyl (C=O) groups excluding carboxylic acids is 2. The van der Waals surface area contributed by atoms with Crippen LogP contribution in [0.3, 0.4) is 0 Å². The number of ether oxygens (including phenoxy) is 2. The minimum atomic E-state index is -0.294. The van der Waals surface area contributed by atoms with Crippen molar-refractivity contribution in [1.82, 2.24) is 0 Å².